The Kier molecular flexibility index (Phi) is 6.20. The Hall–Kier alpha value is -3.32. The molecule has 7 nitrogen and oxygen atoms in total. The van der Waals surface area contributed by atoms with Crippen molar-refractivity contribution in [1.29, 1.82) is 5.41 Å². The van der Waals surface area contributed by atoms with Crippen molar-refractivity contribution in [2.75, 3.05) is 7.11 Å². The van der Waals surface area contributed by atoms with Gasteiger partial charge >= 0.3 is 11.7 Å². The lowest BCUT2D eigenvalue weighted by atomic mass is 10.0. The topological polar surface area (TPSA) is 103 Å². The standard InChI is InChI=1S/C19H18N4O3.ClH/c1-26-17(24)12-22-10-11-23(19(22)25)16-8-6-14(7-9-16)13-2-4-15(5-3-13)18(20)21;/h2-11H,12H2,1H3,(H3,20,21);1H. The van der Waals surface area contributed by atoms with Gasteiger partial charge in [0.1, 0.15) is 12.4 Å². The second-order valence-electron chi connectivity index (χ2n) is 5.69. The minimum Gasteiger partial charge on any atom is -0.468 e. The number of nitrogens with two attached hydrogens (primary N) is 1. The second kappa shape index (κ2) is 8.37. The van der Waals surface area contributed by atoms with Gasteiger partial charge < -0.3 is 10.5 Å². The van der Waals surface area contributed by atoms with E-state index in [-0.39, 0.29) is 30.5 Å². The first-order valence-electron chi connectivity index (χ1n) is 7.89. The van der Waals surface area contributed by atoms with E-state index in [4.69, 9.17) is 11.1 Å². The first-order valence-corrected chi connectivity index (χ1v) is 7.89. The van der Waals surface area contributed by atoms with E-state index in [1.165, 1.54) is 16.2 Å². The van der Waals surface area contributed by atoms with Crippen molar-refractivity contribution in [2.24, 2.45) is 5.73 Å². The molecule has 3 rings (SSSR count). The number of nitrogens with one attached hydrogen (secondary N) is 1. The Morgan fingerprint density at radius 2 is 1.59 bits per heavy atom. The summed E-state index contributed by atoms with van der Waals surface area (Å²) in [5.74, 6) is -0.447. The smallest absolute Gasteiger partial charge is 0.333 e. The van der Waals surface area contributed by atoms with Crippen molar-refractivity contribution in [3.05, 3.63) is 77.0 Å². The molecule has 0 saturated carbocycles. The van der Waals surface area contributed by atoms with E-state index in [9.17, 15) is 9.59 Å². The molecule has 0 aliphatic heterocycles. The quantitative estimate of drug-likeness (QED) is 0.398. The van der Waals surface area contributed by atoms with Crippen LogP contribution in [0.2, 0.25) is 0 Å². The normalized spacial score (nSPS) is 10.1. The predicted molar refractivity (Wildman–Crippen MR) is 106 cm³/mol. The number of amidine groups is 1. The molecule has 140 valence electrons. The van der Waals surface area contributed by atoms with Crippen LogP contribution in [0.5, 0.6) is 0 Å². The van der Waals surface area contributed by atoms with Crippen LogP contribution in [-0.4, -0.2) is 28.0 Å². The van der Waals surface area contributed by atoms with E-state index in [0.29, 0.717) is 11.3 Å². The number of ether oxygens (including phenoxy) is 1. The Bertz CT molecular complexity index is 1000. The molecular weight excluding hydrogens is 368 g/mol. The molecule has 0 radical (unpaired) electrons. The van der Waals surface area contributed by atoms with E-state index in [0.717, 1.165) is 11.1 Å². The number of nitrogen functional groups attached to an aromatic ring is 1. The van der Waals surface area contributed by atoms with Crippen molar-refractivity contribution in [1.82, 2.24) is 9.13 Å². The monoisotopic (exact) mass is 386 g/mol. The fourth-order valence-corrected chi connectivity index (χ4v) is 2.59. The number of carbonyl (C=O) groups is 1. The van der Waals surface area contributed by atoms with Crippen molar-refractivity contribution in [3.8, 4) is 16.8 Å². The third-order valence-electron chi connectivity index (χ3n) is 4.05. The lowest BCUT2D eigenvalue weighted by molar-refractivity contribution is -0.141. The van der Waals surface area contributed by atoms with Crippen LogP contribution in [0.25, 0.3) is 16.8 Å². The zero-order valence-corrected chi connectivity index (χ0v) is 15.4. The zero-order valence-electron chi connectivity index (χ0n) is 14.6. The van der Waals surface area contributed by atoms with Crippen LogP contribution < -0.4 is 11.4 Å². The minimum absolute atomic E-state index is 0. The number of halogens is 1. The predicted octanol–water partition coefficient (Wildman–Crippen LogP) is 2.18. The van der Waals surface area contributed by atoms with Crippen molar-refractivity contribution in [3.63, 3.8) is 0 Å². The molecule has 2 aromatic carbocycles. The maximum absolute atomic E-state index is 12.4. The summed E-state index contributed by atoms with van der Waals surface area (Å²) in [7, 11) is 1.28. The number of benzene rings is 2. The highest BCUT2D eigenvalue weighted by atomic mass is 35.5. The van der Waals surface area contributed by atoms with Crippen molar-refractivity contribution >= 4 is 24.2 Å². The average molecular weight is 387 g/mol. The van der Waals surface area contributed by atoms with Crippen LogP contribution in [0, 0.1) is 5.41 Å². The van der Waals surface area contributed by atoms with Crippen LogP contribution in [0.4, 0.5) is 0 Å². The summed E-state index contributed by atoms with van der Waals surface area (Å²) in [5.41, 5.74) is 8.48. The highest BCUT2D eigenvalue weighted by molar-refractivity contribution is 5.95. The summed E-state index contributed by atoms with van der Waals surface area (Å²) < 4.78 is 7.34. The van der Waals surface area contributed by atoms with E-state index >= 15 is 0 Å². The summed E-state index contributed by atoms with van der Waals surface area (Å²) in [6.07, 6.45) is 3.16. The van der Waals surface area contributed by atoms with Crippen molar-refractivity contribution < 1.29 is 9.53 Å². The molecule has 3 aromatic rings. The minimum atomic E-state index is -0.478. The molecule has 0 bridgehead atoms. The molecule has 0 aliphatic rings. The Labute approximate surface area is 161 Å². The van der Waals surface area contributed by atoms with Crippen LogP contribution in [0.3, 0.4) is 0 Å². The Morgan fingerprint density at radius 1 is 1.04 bits per heavy atom. The van der Waals surface area contributed by atoms with Crippen LogP contribution in [0.1, 0.15) is 5.56 Å². The van der Waals surface area contributed by atoms with Gasteiger partial charge in [-0.3, -0.25) is 19.3 Å². The maximum Gasteiger partial charge on any atom is 0.333 e. The largest absolute Gasteiger partial charge is 0.468 e. The Balaban J connectivity index is 0.00000261. The molecule has 1 heterocycles. The first-order chi connectivity index (χ1) is 12.5. The molecule has 3 N–H and O–H groups in total. The van der Waals surface area contributed by atoms with Crippen LogP contribution in [0.15, 0.2) is 65.7 Å². The van der Waals surface area contributed by atoms with Gasteiger partial charge in [0.05, 0.1) is 12.8 Å². The SMILES string of the molecule is COC(=O)Cn1ccn(-c2ccc(-c3ccc(C(=N)N)cc3)cc2)c1=O.Cl. The number of methoxy groups -OCH3 is 1. The van der Waals surface area contributed by atoms with Gasteiger partial charge in [-0.05, 0) is 23.3 Å². The van der Waals surface area contributed by atoms with Gasteiger partial charge in [-0.15, -0.1) is 12.4 Å². The summed E-state index contributed by atoms with van der Waals surface area (Å²) in [6.45, 7) is -0.122. The molecule has 0 unspecified atom stereocenters. The van der Waals surface area contributed by atoms with E-state index in [1.807, 2.05) is 36.4 Å². The summed E-state index contributed by atoms with van der Waals surface area (Å²) in [5, 5.41) is 7.43. The molecule has 0 atom stereocenters. The van der Waals surface area contributed by atoms with Gasteiger partial charge in [0, 0.05) is 18.0 Å². The number of hydrogen-bond donors (Lipinski definition) is 2. The van der Waals surface area contributed by atoms with E-state index in [2.05, 4.69) is 4.74 Å². The third kappa shape index (κ3) is 4.27. The molecule has 27 heavy (non-hydrogen) atoms. The molecule has 1 aromatic heterocycles. The number of rotatable bonds is 5. The molecular formula is C19H19ClN4O3. The van der Waals surface area contributed by atoms with Crippen LogP contribution in [-0.2, 0) is 16.1 Å². The summed E-state index contributed by atoms with van der Waals surface area (Å²) >= 11 is 0. The first kappa shape index (κ1) is 20.0. The number of esters is 1. The summed E-state index contributed by atoms with van der Waals surface area (Å²) in [6, 6.07) is 14.8. The van der Waals surface area contributed by atoms with Gasteiger partial charge in [0.25, 0.3) is 0 Å². The lowest BCUT2D eigenvalue weighted by Crippen LogP contribution is -2.26. The lowest BCUT2D eigenvalue weighted by Gasteiger charge is -2.06. The zero-order chi connectivity index (χ0) is 18.7. The maximum atomic E-state index is 12.4. The second-order valence-corrected chi connectivity index (χ2v) is 5.69. The fraction of sp³-hybridized carbons (Fsp3) is 0.105. The number of carbonyl (C=O) groups excluding carboxylic acids is 1. The van der Waals surface area contributed by atoms with E-state index in [1.54, 1.807) is 24.5 Å². The van der Waals surface area contributed by atoms with Gasteiger partial charge in [-0.25, -0.2) is 4.79 Å². The van der Waals surface area contributed by atoms with Crippen molar-refractivity contribution in [2.45, 2.75) is 6.54 Å². The summed E-state index contributed by atoms with van der Waals surface area (Å²) in [4.78, 5) is 23.7. The van der Waals surface area contributed by atoms with Gasteiger partial charge in [0.2, 0.25) is 0 Å². The number of nitrogens with zero attached hydrogens (tertiary/aromatic N) is 2. The number of hydrogen-bond acceptors (Lipinski definition) is 4. The van der Waals surface area contributed by atoms with Crippen LogP contribution >= 0.6 is 12.4 Å². The third-order valence-corrected chi connectivity index (χ3v) is 4.05. The molecule has 8 heteroatoms. The highest BCUT2D eigenvalue weighted by Gasteiger charge is 2.09. The van der Waals surface area contributed by atoms with Gasteiger partial charge in [-0.1, -0.05) is 36.4 Å². The molecule has 0 amide bonds. The van der Waals surface area contributed by atoms with Gasteiger partial charge in [-0.2, -0.15) is 0 Å². The van der Waals surface area contributed by atoms with Gasteiger partial charge in [0.15, 0.2) is 0 Å². The average Bonchev–Trinajstić information content (AvgIpc) is 3.02. The number of aromatic nitrogens is 2. The molecule has 0 aliphatic carbocycles. The fourth-order valence-electron chi connectivity index (χ4n) is 2.59. The molecule has 0 fully saturated rings. The molecule has 0 spiro atoms. The van der Waals surface area contributed by atoms with E-state index < -0.39 is 5.97 Å². The highest BCUT2D eigenvalue weighted by Crippen LogP contribution is 2.21. The number of imidazole rings is 1. The molecule has 0 saturated heterocycles. The Morgan fingerprint density at radius 3 is 2.11 bits per heavy atom.